The lowest BCUT2D eigenvalue weighted by Crippen LogP contribution is -2.51. The first-order valence-electron chi connectivity index (χ1n) is 14.0. The molecule has 4 heterocycles. The topological polar surface area (TPSA) is 80.6 Å². The number of nitriles is 1. The Bertz CT molecular complexity index is 1440. The van der Waals surface area contributed by atoms with Crippen LogP contribution in [0.25, 0.3) is 10.8 Å². The first-order valence-corrected chi connectivity index (χ1v) is 14.0. The molecule has 0 unspecified atom stereocenters. The van der Waals surface area contributed by atoms with E-state index in [1.807, 2.05) is 0 Å². The summed E-state index contributed by atoms with van der Waals surface area (Å²) in [6.07, 6.45) is 0.963. The van der Waals surface area contributed by atoms with Crippen LogP contribution in [-0.4, -0.2) is 79.3 Å². The van der Waals surface area contributed by atoms with E-state index >= 15 is 0 Å². The smallest absolute Gasteiger partial charge is 0.318 e. The number of benzene rings is 2. The Kier molecular flexibility index (Phi) is 7.19. The SMILES string of the molecule is Cc1cccc2cccc(N3CCc4c(nc(OC[C@@H]5CC(F)(F)CN5C)nc4N4CCN[C@@H](CC#N)C4)C3)c12. The van der Waals surface area contributed by atoms with Gasteiger partial charge in [-0.1, -0.05) is 30.3 Å². The number of likely N-dealkylation sites (N-methyl/N-ethyl adjacent to an activating group) is 1. The maximum absolute atomic E-state index is 14.0. The highest BCUT2D eigenvalue weighted by Crippen LogP contribution is 2.36. The number of hydrogen-bond acceptors (Lipinski definition) is 8. The number of halogens is 2. The molecule has 0 amide bonds. The number of rotatable bonds is 6. The van der Waals surface area contributed by atoms with Crippen LogP contribution in [0.4, 0.5) is 20.3 Å². The Morgan fingerprint density at radius 1 is 1.15 bits per heavy atom. The van der Waals surface area contributed by atoms with Crippen LogP contribution in [-0.2, 0) is 13.0 Å². The fourth-order valence-corrected chi connectivity index (χ4v) is 6.37. The number of alkyl halides is 2. The average Bonchev–Trinajstić information content (AvgIpc) is 3.22. The molecule has 2 atom stereocenters. The Labute approximate surface area is 233 Å². The molecule has 0 aliphatic carbocycles. The number of hydrogen-bond donors (Lipinski definition) is 1. The van der Waals surface area contributed by atoms with E-state index in [0.29, 0.717) is 19.5 Å². The zero-order chi connectivity index (χ0) is 27.9. The van der Waals surface area contributed by atoms with Crippen LogP contribution in [0.15, 0.2) is 36.4 Å². The Balaban J connectivity index is 1.33. The van der Waals surface area contributed by atoms with Crippen molar-refractivity contribution in [3.05, 3.63) is 53.2 Å². The lowest BCUT2D eigenvalue weighted by Gasteiger charge is -2.37. The summed E-state index contributed by atoms with van der Waals surface area (Å²) < 4.78 is 34.0. The molecule has 210 valence electrons. The van der Waals surface area contributed by atoms with E-state index in [-0.39, 0.29) is 31.6 Å². The van der Waals surface area contributed by atoms with Crippen molar-refractivity contribution in [3.8, 4) is 12.1 Å². The number of fused-ring (bicyclic) bond motifs is 2. The number of anilines is 2. The minimum absolute atomic E-state index is 0.0573. The summed E-state index contributed by atoms with van der Waals surface area (Å²) >= 11 is 0. The van der Waals surface area contributed by atoms with Crippen LogP contribution in [0.2, 0.25) is 0 Å². The Morgan fingerprint density at radius 2 is 1.98 bits per heavy atom. The molecule has 2 aromatic carbocycles. The monoisotopic (exact) mass is 547 g/mol. The third-order valence-electron chi connectivity index (χ3n) is 8.39. The second kappa shape index (κ2) is 10.8. The summed E-state index contributed by atoms with van der Waals surface area (Å²) in [4.78, 5) is 15.9. The average molecular weight is 548 g/mol. The molecule has 0 bridgehead atoms. The van der Waals surface area contributed by atoms with Gasteiger partial charge in [0.1, 0.15) is 12.4 Å². The quantitative estimate of drug-likeness (QED) is 0.498. The van der Waals surface area contributed by atoms with Gasteiger partial charge in [-0.3, -0.25) is 4.90 Å². The largest absolute Gasteiger partial charge is 0.462 e. The molecule has 2 saturated heterocycles. The summed E-state index contributed by atoms with van der Waals surface area (Å²) in [6, 6.07) is 14.9. The maximum Gasteiger partial charge on any atom is 0.318 e. The van der Waals surface area contributed by atoms with E-state index in [1.165, 1.54) is 22.0 Å². The fourth-order valence-electron chi connectivity index (χ4n) is 6.37. The highest BCUT2D eigenvalue weighted by molar-refractivity contribution is 5.97. The number of piperazine rings is 1. The van der Waals surface area contributed by atoms with E-state index in [2.05, 4.69) is 64.5 Å². The fraction of sp³-hybridized carbons (Fsp3) is 0.500. The van der Waals surface area contributed by atoms with Crippen LogP contribution in [0, 0.1) is 18.3 Å². The zero-order valence-corrected chi connectivity index (χ0v) is 23.0. The van der Waals surface area contributed by atoms with Crippen molar-refractivity contribution in [2.24, 2.45) is 0 Å². The molecular formula is C30H35F2N7O. The maximum atomic E-state index is 14.0. The van der Waals surface area contributed by atoms with Gasteiger partial charge >= 0.3 is 6.01 Å². The molecule has 0 radical (unpaired) electrons. The molecule has 10 heteroatoms. The molecule has 0 spiro atoms. The normalized spacial score (nSPS) is 22.8. The third kappa shape index (κ3) is 5.28. The number of nitrogens with one attached hydrogen (secondary N) is 1. The van der Waals surface area contributed by atoms with Gasteiger partial charge in [-0.15, -0.1) is 0 Å². The third-order valence-corrected chi connectivity index (χ3v) is 8.39. The lowest BCUT2D eigenvalue weighted by molar-refractivity contribution is 0.0136. The molecular weight excluding hydrogens is 512 g/mol. The predicted octanol–water partition coefficient (Wildman–Crippen LogP) is 3.91. The Hall–Kier alpha value is -3.55. The van der Waals surface area contributed by atoms with Crippen molar-refractivity contribution in [3.63, 3.8) is 0 Å². The van der Waals surface area contributed by atoms with Gasteiger partial charge in [0.05, 0.1) is 31.3 Å². The highest BCUT2D eigenvalue weighted by atomic mass is 19.3. The predicted molar refractivity (Wildman–Crippen MR) is 151 cm³/mol. The second-order valence-corrected chi connectivity index (χ2v) is 11.3. The van der Waals surface area contributed by atoms with Gasteiger partial charge in [-0.25, -0.2) is 8.78 Å². The van der Waals surface area contributed by atoms with E-state index in [9.17, 15) is 14.0 Å². The van der Waals surface area contributed by atoms with Crippen LogP contribution >= 0.6 is 0 Å². The first kappa shape index (κ1) is 26.7. The van der Waals surface area contributed by atoms with Crippen molar-refractivity contribution in [1.29, 1.82) is 5.26 Å². The lowest BCUT2D eigenvalue weighted by atomic mass is 9.99. The number of ether oxygens (including phenoxy) is 1. The second-order valence-electron chi connectivity index (χ2n) is 11.3. The molecule has 1 N–H and O–H groups in total. The first-order chi connectivity index (χ1) is 19.3. The van der Waals surface area contributed by atoms with Crippen molar-refractivity contribution in [2.75, 3.05) is 56.2 Å². The molecule has 6 rings (SSSR count). The summed E-state index contributed by atoms with van der Waals surface area (Å²) in [7, 11) is 1.70. The summed E-state index contributed by atoms with van der Waals surface area (Å²) in [5, 5.41) is 15.1. The van der Waals surface area contributed by atoms with Crippen LogP contribution < -0.4 is 19.9 Å². The van der Waals surface area contributed by atoms with Crippen LogP contribution in [0.1, 0.15) is 29.7 Å². The standard InChI is InChI=1S/C30H35F2N7O/c1-20-5-3-6-21-7-4-8-26(27(20)21)38-13-10-24-25(17-38)35-29(40-18-23-15-30(31,32)19-37(23)2)36-28(24)39-14-12-34-22(16-39)9-11-33/h3-8,22-23,34H,9-10,12-19H2,1-2H3/t22-,23-/m0/s1. The van der Waals surface area contributed by atoms with Crippen molar-refractivity contribution < 1.29 is 13.5 Å². The van der Waals surface area contributed by atoms with Gasteiger partial charge in [0, 0.05) is 61.3 Å². The van der Waals surface area contributed by atoms with Gasteiger partial charge in [-0.2, -0.15) is 15.2 Å². The van der Waals surface area contributed by atoms with E-state index in [1.54, 1.807) is 11.9 Å². The number of nitrogens with zero attached hydrogens (tertiary/aromatic N) is 6. The summed E-state index contributed by atoms with van der Waals surface area (Å²) in [5.41, 5.74) is 4.41. The molecule has 2 fully saturated rings. The molecule has 40 heavy (non-hydrogen) atoms. The number of aryl methyl sites for hydroxylation is 1. The molecule has 3 aliphatic rings. The minimum Gasteiger partial charge on any atom is -0.462 e. The van der Waals surface area contributed by atoms with Crippen LogP contribution in [0.5, 0.6) is 6.01 Å². The van der Waals surface area contributed by atoms with E-state index in [0.717, 1.165) is 43.1 Å². The molecule has 0 saturated carbocycles. The molecule has 8 nitrogen and oxygen atoms in total. The summed E-state index contributed by atoms with van der Waals surface area (Å²) in [5.74, 6) is -1.87. The summed E-state index contributed by atoms with van der Waals surface area (Å²) in [6.45, 7) is 5.59. The van der Waals surface area contributed by atoms with Gasteiger partial charge in [0.2, 0.25) is 0 Å². The molecule has 1 aromatic heterocycles. The van der Waals surface area contributed by atoms with Gasteiger partial charge in [0.25, 0.3) is 5.92 Å². The Morgan fingerprint density at radius 3 is 2.75 bits per heavy atom. The van der Waals surface area contributed by atoms with E-state index in [4.69, 9.17) is 14.7 Å². The molecule has 3 aromatic rings. The zero-order valence-electron chi connectivity index (χ0n) is 23.0. The van der Waals surface area contributed by atoms with E-state index < -0.39 is 12.0 Å². The molecule has 3 aliphatic heterocycles. The van der Waals surface area contributed by atoms with Gasteiger partial charge < -0.3 is 19.9 Å². The van der Waals surface area contributed by atoms with Gasteiger partial charge in [-0.05, 0) is 37.4 Å². The minimum atomic E-state index is -2.71. The van der Waals surface area contributed by atoms with Crippen molar-refractivity contribution in [1.82, 2.24) is 20.2 Å². The van der Waals surface area contributed by atoms with Crippen LogP contribution in [0.3, 0.4) is 0 Å². The highest BCUT2D eigenvalue weighted by Gasteiger charge is 2.43. The van der Waals surface area contributed by atoms with Crippen molar-refractivity contribution >= 4 is 22.3 Å². The number of likely N-dealkylation sites (tertiary alicyclic amines) is 1. The van der Waals surface area contributed by atoms with Gasteiger partial charge in [0.15, 0.2) is 0 Å². The van der Waals surface area contributed by atoms with Crippen molar-refractivity contribution in [2.45, 2.75) is 50.7 Å². The number of aromatic nitrogens is 2.